The fourth-order valence-electron chi connectivity index (χ4n) is 2.51. The summed E-state index contributed by atoms with van der Waals surface area (Å²) in [5, 5.41) is 14.1. The molecule has 0 amide bonds. The highest BCUT2D eigenvalue weighted by molar-refractivity contribution is 5.73. The summed E-state index contributed by atoms with van der Waals surface area (Å²) in [5.41, 5.74) is 2.48. The Balaban J connectivity index is 2.59. The molecule has 0 aromatic heterocycles. The van der Waals surface area contributed by atoms with Crippen molar-refractivity contribution < 1.29 is 13.9 Å². The maximum Gasteiger partial charge on any atom is 0.159 e. The smallest absolute Gasteiger partial charge is 0.159 e. The summed E-state index contributed by atoms with van der Waals surface area (Å²) in [7, 11) is 0. The molecule has 0 fully saturated rings. The van der Waals surface area contributed by atoms with E-state index in [1.165, 1.54) is 6.07 Å². The third-order valence-corrected chi connectivity index (χ3v) is 4.09. The monoisotopic (exact) mass is 347 g/mol. The molecule has 2 nitrogen and oxygen atoms in total. The highest BCUT2D eigenvalue weighted by Crippen LogP contribution is 2.37. The first-order chi connectivity index (χ1) is 11.4. The number of benzene rings is 2. The highest BCUT2D eigenvalue weighted by atomic mass is 19.2. The number of aromatic hydroxyl groups is 1. The molecule has 0 unspecified atom stereocenters. The van der Waals surface area contributed by atoms with E-state index in [4.69, 9.17) is 0 Å². The van der Waals surface area contributed by atoms with Gasteiger partial charge in [0.1, 0.15) is 5.75 Å². The van der Waals surface area contributed by atoms with Gasteiger partial charge >= 0.3 is 0 Å². The second-order valence-electron chi connectivity index (χ2n) is 8.51. The topological polar surface area (TPSA) is 32.3 Å². The molecule has 0 radical (unpaired) electrons. The zero-order valence-electron chi connectivity index (χ0n) is 15.8. The summed E-state index contributed by atoms with van der Waals surface area (Å²) >= 11 is 0. The van der Waals surface area contributed by atoms with Crippen LogP contribution in [0.5, 0.6) is 5.75 Å². The standard InChI is InChI=1S/C21H27F2NO/c1-20(2,3)15-9-14(12-24-21(4,5)6)19(25)16(11-15)13-7-8-17(22)18(23)10-13/h7-11,24-25H,12H2,1-6H3. The van der Waals surface area contributed by atoms with Crippen LogP contribution in [0, 0.1) is 11.6 Å². The van der Waals surface area contributed by atoms with E-state index < -0.39 is 11.6 Å². The van der Waals surface area contributed by atoms with Gasteiger partial charge < -0.3 is 10.4 Å². The molecule has 0 aliphatic carbocycles. The number of rotatable bonds is 3. The Hall–Kier alpha value is -1.94. The van der Waals surface area contributed by atoms with Crippen LogP contribution in [-0.4, -0.2) is 10.6 Å². The van der Waals surface area contributed by atoms with Crippen molar-refractivity contribution in [2.75, 3.05) is 0 Å². The van der Waals surface area contributed by atoms with Crippen molar-refractivity contribution >= 4 is 0 Å². The summed E-state index contributed by atoms with van der Waals surface area (Å²) in [6, 6.07) is 7.51. The first-order valence-electron chi connectivity index (χ1n) is 8.45. The molecule has 2 aromatic rings. The van der Waals surface area contributed by atoms with E-state index in [0.29, 0.717) is 17.7 Å². The molecular formula is C21H27F2NO. The zero-order chi connectivity index (χ0) is 19.0. The van der Waals surface area contributed by atoms with Crippen LogP contribution in [0.15, 0.2) is 30.3 Å². The number of nitrogens with one attached hydrogen (secondary N) is 1. The predicted molar refractivity (Wildman–Crippen MR) is 98.8 cm³/mol. The second kappa shape index (κ2) is 6.75. The van der Waals surface area contributed by atoms with Gasteiger partial charge in [0.2, 0.25) is 0 Å². The molecule has 0 spiro atoms. The Morgan fingerprint density at radius 2 is 1.56 bits per heavy atom. The van der Waals surface area contributed by atoms with Crippen LogP contribution in [-0.2, 0) is 12.0 Å². The van der Waals surface area contributed by atoms with Crippen LogP contribution >= 0.6 is 0 Å². The molecule has 0 aliphatic heterocycles. The van der Waals surface area contributed by atoms with Gasteiger partial charge in [0.15, 0.2) is 11.6 Å². The van der Waals surface area contributed by atoms with Crippen molar-refractivity contribution in [2.24, 2.45) is 0 Å². The van der Waals surface area contributed by atoms with Crippen molar-refractivity contribution in [3.63, 3.8) is 0 Å². The van der Waals surface area contributed by atoms with E-state index in [0.717, 1.165) is 23.3 Å². The van der Waals surface area contributed by atoms with Crippen molar-refractivity contribution in [1.29, 1.82) is 0 Å². The minimum atomic E-state index is -0.924. The van der Waals surface area contributed by atoms with E-state index in [-0.39, 0.29) is 16.7 Å². The van der Waals surface area contributed by atoms with Crippen LogP contribution in [0.3, 0.4) is 0 Å². The van der Waals surface area contributed by atoms with E-state index in [9.17, 15) is 13.9 Å². The summed E-state index contributed by atoms with van der Waals surface area (Å²) in [5.74, 6) is -1.73. The SMILES string of the molecule is CC(C)(C)NCc1cc(C(C)(C)C)cc(-c2ccc(F)c(F)c2)c1O. The first kappa shape index (κ1) is 19.4. The molecule has 0 saturated carbocycles. The van der Waals surface area contributed by atoms with Crippen LogP contribution in [0.4, 0.5) is 8.78 Å². The second-order valence-corrected chi connectivity index (χ2v) is 8.51. The van der Waals surface area contributed by atoms with Crippen molar-refractivity contribution in [3.8, 4) is 16.9 Å². The third kappa shape index (κ3) is 4.79. The number of halogens is 2. The minimum Gasteiger partial charge on any atom is -0.507 e. The maximum absolute atomic E-state index is 13.7. The predicted octanol–water partition coefficient (Wildman–Crippen LogP) is 5.52. The largest absolute Gasteiger partial charge is 0.507 e. The molecule has 2 N–H and O–H groups in total. The van der Waals surface area contributed by atoms with Crippen LogP contribution in [0.2, 0.25) is 0 Å². The highest BCUT2D eigenvalue weighted by Gasteiger charge is 2.21. The molecule has 25 heavy (non-hydrogen) atoms. The molecule has 2 aromatic carbocycles. The van der Waals surface area contributed by atoms with Crippen LogP contribution in [0.1, 0.15) is 52.7 Å². The summed E-state index contributed by atoms with van der Waals surface area (Å²) < 4.78 is 26.9. The van der Waals surface area contributed by atoms with E-state index in [1.54, 1.807) is 0 Å². The number of hydrogen-bond donors (Lipinski definition) is 2. The first-order valence-corrected chi connectivity index (χ1v) is 8.45. The quantitative estimate of drug-likeness (QED) is 0.766. The van der Waals surface area contributed by atoms with Gasteiger partial charge in [0.25, 0.3) is 0 Å². The van der Waals surface area contributed by atoms with E-state index in [1.807, 2.05) is 32.9 Å². The Morgan fingerprint density at radius 3 is 2.08 bits per heavy atom. The average molecular weight is 347 g/mol. The van der Waals surface area contributed by atoms with Crippen molar-refractivity contribution in [1.82, 2.24) is 5.32 Å². The molecule has 0 heterocycles. The summed E-state index contributed by atoms with van der Waals surface area (Å²) in [6.07, 6.45) is 0. The van der Waals surface area contributed by atoms with Crippen LogP contribution < -0.4 is 5.32 Å². The average Bonchev–Trinajstić information content (AvgIpc) is 2.47. The van der Waals surface area contributed by atoms with Gasteiger partial charge in [0, 0.05) is 23.2 Å². The minimum absolute atomic E-state index is 0.0933. The Bertz CT molecular complexity index is 771. The molecule has 0 aliphatic rings. The lowest BCUT2D eigenvalue weighted by Crippen LogP contribution is -2.35. The van der Waals surface area contributed by atoms with Gasteiger partial charge in [-0.05, 0) is 55.5 Å². The van der Waals surface area contributed by atoms with Crippen molar-refractivity contribution in [2.45, 2.75) is 59.0 Å². The van der Waals surface area contributed by atoms with Gasteiger partial charge in [0.05, 0.1) is 0 Å². The lowest BCUT2D eigenvalue weighted by molar-refractivity contribution is 0.411. The number of hydrogen-bond acceptors (Lipinski definition) is 2. The van der Waals surface area contributed by atoms with E-state index in [2.05, 4.69) is 26.1 Å². The molecule has 0 bridgehead atoms. The molecule has 0 atom stereocenters. The molecule has 2 rings (SSSR count). The fourth-order valence-corrected chi connectivity index (χ4v) is 2.51. The molecular weight excluding hydrogens is 320 g/mol. The number of phenolic OH excluding ortho intramolecular Hbond substituents is 1. The fraction of sp³-hybridized carbons (Fsp3) is 0.429. The van der Waals surface area contributed by atoms with Gasteiger partial charge in [-0.3, -0.25) is 0 Å². The lowest BCUT2D eigenvalue weighted by atomic mass is 9.83. The zero-order valence-corrected chi connectivity index (χ0v) is 15.8. The van der Waals surface area contributed by atoms with Crippen molar-refractivity contribution in [3.05, 3.63) is 53.1 Å². The van der Waals surface area contributed by atoms with E-state index >= 15 is 0 Å². The maximum atomic E-state index is 13.7. The normalized spacial score (nSPS) is 12.5. The lowest BCUT2D eigenvalue weighted by Gasteiger charge is -2.25. The molecule has 0 saturated heterocycles. The summed E-state index contributed by atoms with van der Waals surface area (Å²) in [4.78, 5) is 0. The Kier molecular flexibility index (Phi) is 5.24. The summed E-state index contributed by atoms with van der Waals surface area (Å²) in [6.45, 7) is 12.9. The Labute approximate surface area is 148 Å². The van der Waals surface area contributed by atoms with Crippen LogP contribution in [0.25, 0.3) is 11.1 Å². The van der Waals surface area contributed by atoms with Gasteiger partial charge in [-0.1, -0.05) is 32.9 Å². The third-order valence-electron chi connectivity index (χ3n) is 4.09. The van der Waals surface area contributed by atoms with Gasteiger partial charge in [-0.25, -0.2) is 8.78 Å². The van der Waals surface area contributed by atoms with Gasteiger partial charge in [-0.15, -0.1) is 0 Å². The van der Waals surface area contributed by atoms with Gasteiger partial charge in [-0.2, -0.15) is 0 Å². The Morgan fingerprint density at radius 1 is 0.920 bits per heavy atom. The number of phenols is 1. The molecule has 4 heteroatoms. The molecule has 136 valence electrons.